The normalized spacial score (nSPS) is 14.7. The van der Waals surface area contributed by atoms with Crippen molar-refractivity contribution in [3.63, 3.8) is 0 Å². The number of benzene rings is 2. The molecule has 1 fully saturated rings. The second-order valence-corrected chi connectivity index (χ2v) is 9.76. The van der Waals surface area contributed by atoms with Gasteiger partial charge >= 0.3 is 0 Å². The van der Waals surface area contributed by atoms with Gasteiger partial charge in [0.05, 0.1) is 18.6 Å². The van der Waals surface area contributed by atoms with E-state index in [0.29, 0.717) is 22.5 Å². The zero-order valence-corrected chi connectivity index (χ0v) is 21.3. The van der Waals surface area contributed by atoms with Crippen LogP contribution in [-0.2, 0) is 4.79 Å². The number of hydrogen-bond acceptors (Lipinski definition) is 7. The summed E-state index contributed by atoms with van der Waals surface area (Å²) in [7, 11) is 1.48. The molecule has 4 rings (SSSR count). The van der Waals surface area contributed by atoms with Crippen molar-refractivity contribution in [2.75, 3.05) is 12.9 Å². The zero-order valence-electron chi connectivity index (χ0n) is 19.7. The molecule has 2 N–H and O–H groups in total. The number of nitrogens with one attached hydrogen (secondary N) is 1. The van der Waals surface area contributed by atoms with E-state index in [2.05, 4.69) is 25.3 Å². The molecule has 0 atom stereocenters. The van der Waals surface area contributed by atoms with Gasteiger partial charge in [0.1, 0.15) is 0 Å². The Bertz CT molecular complexity index is 1210. The second-order valence-electron chi connectivity index (χ2n) is 8.38. The van der Waals surface area contributed by atoms with Crippen molar-refractivity contribution in [2.45, 2.75) is 50.2 Å². The quantitative estimate of drug-likeness (QED) is 0.236. The summed E-state index contributed by atoms with van der Waals surface area (Å²) in [5.41, 5.74) is 4.88. The molecule has 184 valence electrons. The van der Waals surface area contributed by atoms with Gasteiger partial charge in [-0.25, -0.2) is 5.43 Å². The number of halogens is 1. The van der Waals surface area contributed by atoms with E-state index >= 15 is 0 Å². The molecule has 2 aromatic carbocycles. The molecule has 10 heteroatoms. The SMILES string of the molecule is COc1cc(/C(C)=N/NC(=O)CSc2nnc(-c3ccc(Cl)cc3)n2C2CCCCC2)ccc1O. The highest BCUT2D eigenvalue weighted by molar-refractivity contribution is 7.99. The first-order valence-corrected chi connectivity index (χ1v) is 12.9. The Morgan fingerprint density at radius 2 is 1.94 bits per heavy atom. The van der Waals surface area contributed by atoms with Crippen molar-refractivity contribution < 1.29 is 14.6 Å². The first-order chi connectivity index (χ1) is 17.0. The molecule has 0 radical (unpaired) electrons. The first-order valence-electron chi connectivity index (χ1n) is 11.5. The van der Waals surface area contributed by atoms with Crippen LogP contribution in [0.5, 0.6) is 11.5 Å². The van der Waals surface area contributed by atoms with Gasteiger partial charge in [0.2, 0.25) is 0 Å². The summed E-state index contributed by atoms with van der Waals surface area (Å²) in [4.78, 5) is 12.6. The third kappa shape index (κ3) is 6.15. The van der Waals surface area contributed by atoms with Crippen molar-refractivity contribution in [2.24, 2.45) is 5.10 Å². The number of phenolic OH excluding ortho intramolecular Hbond substituents is 1. The minimum Gasteiger partial charge on any atom is -0.504 e. The molecule has 3 aromatic rings. The Morgan fingerprint density at radius 1 is 1.20 bits per heavy atom. The maximum absolute atomic E-state index is 12.6. The average Bonchev–Trinajstić information content (AvgIpc) is 3.31. The summed E-state index contributed by atoms with van der Waals surface area (Å²) in [6.45, 7) is 1.78. The maximum Gasteiger partial charge on any atom is 0.250 e. The fraction of sp³-hybridized carbons (Fsp3) is 0.360. The van der Waals surface area contributed by atoms with E-state index in [1.54, 1.807) is 19.1 Å². The molecule has 35 heavy (non-hydrogen) atoms. The van der Waals surface area contributed by atoms with E-state index in [0.717, 1.165) is 34.9 Å². The maximum atomic E-state index is 12.6. The number of nitrogens with zero attached hydrogens (tertiary/aromatic N) is 4. The fourth-order valence-electron chi connectivity index (χ4n) is 4.12. The van der Waals surface area contributed by atoms with Gasteiger partial charge < -0.3 is 9.84 Å². The van der Waals surface area contributed by atoms with Crippen LogP contribution in [0.2, 0.25) is 5.02 Å². The number of carbonyl (C=O) groups is 1. The molecule has 1 heterocycles. The number of rotatable bonds is 8. The standard InChI is InChI=1S/C25H28ClN5O3S/c1-16(18-10-13-21(32)22(14-18)34-2)27-28-23(33)15-35-25-30-29-24(17-8-11-19(26)12-9-17)31(25)20-6-4-3-5-7-20/h8-14,20,32H,3-7,15H2,1-2H3,(H,28,33)/b27-16+. The van der Waals surface area contributed by atoms with Gasteiger partial charge in [-0.15, -0.1) is 10.2 Å². The molecule has 0 spiro atoms. The fourth-order valence-corrected chi connectivity index (χ4v) is 5.04. The van der Waals surface area contributed by atoms with Crippen LogP contribution in [0.25, 0.3) is 11.4 Å². The van der Waals surface area contributed by atoms with Crippen molar-refractivity contribution >= 4 is 35.0 Å². The number of hydrogen-bond donors (Lipinski definition) is 2. The second kappa shape index (κ2) is 11.6. The molecule has 0 bridgehead atoms. The molecular formula is C25H28ClN5O3S. The lowest BCUT2D eigenvalue weighted by atomic mass is 9.95. The van der Waals surface area contributed by atoms with E-state index in [4.69, 9.17) is 16.3 Å². The Kier molecular flexibility index (Phi) is 8.30. The zero-order chi connectivity index (χ0) is 24.8. The van der Waals surface area contributed by atoms with Gasteiger partial charge in [-0.3, -0.25) is 9.36 Å². The van der Waals surface area contributed by atoms with Gasteiger partial charge in [0.25, 0.3) is 5.91 Å². The number of methoxy groups -OCH3 is 1. The predicted octanol–water partition coefficient (Wildman–Crippen LogP) is 5.45. The third-order valence-corrected chi connectivity index (χ3v) is 7.18. The summed E-state index contributed by atoms with van der Waals surface area (Å²) in [6, 6.07) is 12.8. The minimum atomic E-state index is -0.244. The van der Waals surface area contributed by atoms with Gasteiger partial charge in [-0.2, -0.15) is 5.10 Å². The van der Waals surface area contributed by atoms with Crippen LogP contribution in [0.3, 0.4) is 0 Å². The molecule has 1 aromatic heterocycles. The Balaban J connectivity index is 1.46. The van der Waals surface area contributed by atoms with Crippen LogP contribution in [0.1, 0.15) is 50.6 Å². The Labute approximate surface area is 213 Å². The first kappa shape index (κ1) is 25.1. The Hall–Kier alpha value is -3.04. The van der Waals surface area contributed by atoms with Crippen molar-refractivity contribution in [3.8, 4) is 22.9 Å². The van der Waals surface area contributed by atoms with E-state index in [1.807, 2.05) is 24.3 Å². The number of hydrazone groups is 1. The largest absolute Gasteiger partial charge is 0.504 e. The summed E-state index contributed by atoms with van der Waals surface area (Å²) < 4.78 is 7.31. The van der Waals surface area contributed by atoms with Gasteiger partial charge in [-0.05, 0) is 62.2 Å². The third-order valence-electron chi connectivity index (χ3n) is 5.98. The summed E-state index contributed by atoms with van der Waals surface area (Å²) in [5.74, 6) is 1.10. The van der Waals surface area contributed by atoms with Crippen LogP contribution >= 0.6 is 23.4 Å². The van der Waals surface area contributed by atoms with Crippen LogP contribution in [-0.4, -0.2) is 44.4 Å². The molecule has 0 saturated heterocycles. The van der Waals surface area contributed by atoms with E-state index in [1.165, 1.54) is 44.2 Å². The molecule has 1 aliphatic carbocycles. The van der Waals surface area contributed by atoms with Crippen molar-refractivity contribution in [1.29, 1.82) is 0 Å². The lowest BCUT2D eigenvalue weighted by Gasteiger charge is -2.25. The van der Waals surface area contributed by atoms with E-state index in [-0.39, 0.29) is 17.4 Å². The van der Waals surface area contributed by atoms with Crippen LogP contribution in [0.15, 0.2) is 52.7 Å². The summed E-state index contributed by atoms with van der Waals surface area (Å²) in [5, 5.41) is 24.2. The highest BCUT2D eigenvalue weighted by Crippen LogP contribution is 2.35. The molecule has 0 unspecified atom stereocenters. The summed E-state index contributed by atoms with van der Waals surface area (Å²) >= 11 is 7.42. The molecule has 1 amide bonds. The number of phenols is 1. The molecule has 0 aliphatic heterocycles. The number of aromatic hydroxyl groups is 1. The molecule has 1 aliphatic rings. The van der Waals surface area contributed by atoms with Gasteiger partial charge in [0.15, 0.2) is 22.5 Å². The molecule has 1 saturated carbocycles. The number of amides is 1. The Morgan fingerprint density at radius 3 is 2.66 bits per heavy atom. The monoisotopic (exact) mass is 513 g/mol. The number of ether oxygens (including phenoxy) is 1. The van der Waals surface area contributed by atoms with Crippen LogP contribution in [0, 0.1) is 0 Å². The topological polar surface area (TPSA) is 102 Å². The summed E-state index contributed by atoms with van der Waals surface area (Å²) in [6.07, 6.45) is 5.72. The predicted molar refractivity (Wildman–Crippen MR) is 138 cm³/mol. The smallest absolute Gasteiger partial charge is 0.250 e. The van der Waals surface area contributed by atoms with E-state index < -0.39 is 0 Å². The van der Waals surface area contributed by atoms with Crippen LogP contribution in [0.4, 0.5) is 0 Å². The van der Waals surface area contributed by atoms with Crippen LogP contribution < -0.4 is 10.2 Å². The highest BCUT2D eigenvalue weighted by Gasteiger charge is 2.24. The lowest BCUT2D eigenvalue weighted by molar-refractivity contribution is -0.118. The average molecular weight is 514 g/mol. The van der Waals surface area contributed by atoms with Crippen molar-refractivity contribution in [3.05, 3.63) is 53.1 Å². The number of thioether (sulfide) groups is 1. The number of aromatic nitrogens is 3. The van der Waals surface area contributed by atoms with E-state index in [9.17, 15) is 9.90 Å². The minimum absolute atomic E-state index is 0.0459. The lowest BCUT2D eigenvalue weighted by Crippen LogP contribution is -2.22. The number of carbonyl (C=O) groups excluding carboxylic acids is 1. The van der Waals surface area contributed by atoms with Gasteiger partial charge in [0, 0.05) is 22.2 Å². The van der Waals surface area contributed by atoms with Gasteiger partial charge in [-0.1, -0.05) is 42.6 Å². The highest BCUT2D eigenvalue weighted by atomic mass is 35.5. The molecular weight excluding hydrogens is 486 g/mol. The molecule has 8 nitrogen and oxygen atoms in total. The van der Waals surface area contributed by atoms with Crippen molar-refractivity contribution in [1.82, 2.24) is 20.2 Å².